The van der Waals surface area contributed by atoms with Gasteiger partial charge in [-0.2, -0.15) is 0 Å². The lowest BCUT2D eigenvalue weighted by Crippen LogP contribution is -2.41. The van der Waals surface area contributed by atoms with Crippen LogP contribution in [0.4, 0.5) is 14.4 Å². The van der Waals surface area contributed by atoms with Gasteiger partial charge in [0.15, 0.2) is 11.5 Å². The van der Waals surface area contributed by atoms with E-state index >= 15 is 0 Å². The molecule has 1 aromatic carbocycles. The molecule has 0 fully saturated rings. The summed E-state index contributed by atoms with van der Waals surface area (Å²) in [5, 5.41) is 2.99. The normalized spacial score (nSPS) is 13.9. The highest BCUT2D eigenvalue weighted by atomic mass is 16.8. The van der Waals surface area contributed by atoms with Gasteiger partial charge < -0.3 is 38.5 Å². The van der Waals surface area contributed by atoms with E-state index in [-0.39, 0.29) is 49.0 Å². The highest BCUT2D eigenvalue weighted by Crippen LogP contribution is 2.30. The summed E-state index contributed by atoms with van der Waals surface area (Å²) in [4.78, 5) is 49.2. The Morgan fingerprint density at radius 1 is 0.786 bits per heavy atom. The van der Waals surface area contributed by atoms with Gasteiger partial charge in [-0.1, -0.05) is 47.1 Å². The molecule has 0 heterocycles. The van der Waals surface area contributed by atoms with E-state index in [0.717, 1.165) is 12.8 Å². The van der Waals surface area contributed by atoms with Crippen molar-refractivity contribution in [3.8, 4) is 11.5 Å². The second kappa shape index (κ2) is 18.8. The number of nitrogens with one attached hydrogen (secondary N) is 1. The second-order valence-corrected chi connectivity index (χ2v) is 10.7. The fourth-order valence-corrected chi connectivity index (χ4v) is 3.29. The Hall–Kier alpha value is -3.54. The average Bonchev–Trinajstić information content (AvgIpc) is 2.91. The van der Waals surface area contributed by atoms with Gasteiger partial charge in [-0.25, -0.2) is 14.4 Å². The zero-order valence-corrected chi connectivity index (χ0v) is 26.2. The number of hydrogen-bond donors (Lipinski definition) is 1. The van der Waals surface area contributed by atoms with Crippen LogP contribution in [-0.2, 0) is 34.9 Å². The maximum atomic E-state index is 12.5. The van der Waals surface area contributed by atoms with E-state index in [9.17, 15) is 19.2 Å². The molecule has 0 aliphatic carbocycles. The molecule has 3 unspecified atom stereocenters. The first-order valence-electron chi connectivity index (χ1n) is 14.3. The van der Waals surface area contributed by atoms with Crippen LogP contribution in [0.5, 0.6) is 11.5 Å². The van der Waals surface area contributed by atoms with Crippen molar-refractivity contribution in [1.82, 2.24) is 5.32 Å². The van der Waals surface area contributed by atoms with E-state index in [1.165, 1.54) is 19.2 Å². The standard InChI is InChI=1S/C30H47NO11/c1-10-11-20(6)38-28(33)37-15-14-31-24(27(32)36-9)16-23-12-13-25(41-29(34)39-21(7)18(2)3)26(17-23)42-30(35)40-22(8)19(4)5/h12-13,17-22,24,31H,10-11,14-16H2,1-9H3/t20?,21?,22?,24-/m0/s1. The van der Waals surface area contributed by atoms with Gasteiger partial charge in [-0.05, 0) is 63.1 Å². The average molecular weight is 598 g/mol. The van der Waals surface area contributed by atoms with Gasteiger partial charge >= 0.3 is 24.4 Å². The minimum absolute atomic E-state index is 0.0386. The zero-order chi connectivity index (χ0) is 31.8. The van der Waals surface area contributed by atoms with Crippen LogP contribution in [0.1, 0.15) is 73.8 Å². The highest BCUT2D eigenvalue weighted by Gasteiger charge is 2.24. The molecule has 1 aromatic rings. The lowest BCUT2D eigenvalue weighted by Gasteiger charge is -2.20. The molecule has 0 spiro atoms. The Morgan fingerprint density at radius 3 is 1.88 bits per heavy atom. The second-order valence-electron chi connectivity index (χ2n) is 10.7. The van der Waals surface area contributed by atoms with Crippen LogP contribution in [0.3, 0.4) is 0 Å². The Bertz CT molecular complexity index is 1010. The molecule has 12 nitrogen and oxygen atoms in total. The van der Waals surface area contributed by atoms with Crippen molar-refractivity contribution in [1.29, 1.82) is 0 Å². The van der Waals surface area contributed by atoms with Crippen LogP contribution in [0, 0.1) is 11.8 Å². The number of rotatable bonds is 16. The lowest BCUT2D eigenvalue weighted by molar-refractivity contribution is -0.143. The van der Waals surface area contributed by atoms with Crippen LogP contribution in [0.2, 0.25) is 0 Å². The number of carbonyl (C=O) groups is 4. The van der Waals surface area contributed by atoms with E-state index in [4.69, 9.17) is 33.2 Å². The van der Waals surface area contributed by atoms with Crippen LogP contribution >= 0.6 is 0 Å². The van der Waals surface area contributed by atoms with Gasteiger partial charge in [0.2, 0.25) is 0 Å². The summed E-state index contributed by atoms with van der Waals surface area (Å²) in [6, 6.07) is 3.65. The fourth-order valence-electron chi connectivity index (χ4n) is 3.29. The molecule has 0 saturated heterocycles. The number of methoxy groups -OCH3 is 1. The number of hydrogen-bond acceptors (Lipinski definition) is 12. The Kier molecular flexibility index (Phi) is 16.3. The van der Waals surface area contributed by atoms with E-state index in [1.807, 2.05) is 34.6 Å². The summed E-state index contributed by atoms with van der Waals surface area (Å²) in [7, 11) is 1.25. The van der Waals surface area contributed by atoms with E-state index in [0.29, 0.717) is 5.56 Å². The Balaban J connectivity index is 3.02. The molecule has 42 heavy (non-hydrogen) atoms. The molecule has 0 aliphatic rings. The fraction of sp³-hybridized carbons (Fsp3) is 0.667. The van der Waals surface area contributed by atoms with Gasteiger partial charge in [0.1, 0.15) is 31.0 Å². The summed E-state index contributed by atoms with van der Waals surface area (Å²) in [6.45, 7) is 14.9. The van der Waals surface area contributed by atoms with Crippen molar-refractivity contribution in [2.75, 3.05) is 20.3 Å². The minimum Gasteiger partial charge on any atom is -0.468 e. The highest BCUT2D eigenvalue weighted by molar-refractivity contribution is 5.76. The maximum absolute atomic E-state index is 12.5. The number of ether oxygens (including phenoxy) is 7. The molecule has 12 heteroatoms. The third kappa shape index (κ3) is 13.9. The van der Waals surface area contributed by atoms with E-state index < -0.39 is 42.7 Å². The molecule has 0 radical (unpaired) electrons. The quantitative estimate of drug-likeness (QED) is 0.106. The smallest absolute Gasteiger partial charge is 0.468 e. The molecule has 0 saturated carbocycles. The summed E-state index contributed by atoms with van der Waals surface area (Å²) >= 11 is 0. The van der Waals surface area contributed by atoms with Crippen molar-refractivity contribution < 1.29 is 52.3 Å². The third-order valence-corrected chi connectivity index (χ3v) is 6.47. The molecule has 1 N–H and O–H groups in total. The van der Waals surface area contributed by atoms with E-state index in [2.05, 4.69) is 5.32 Å². The topological polar surface area (TPSA) is 145 Å². The van der Waals surface area contributed by atoms with Crippen molar-refractivity contribution in [3.63, 3.8) is 0 Å². The van der Waals surface area contributed by atoms with Gasteiger partial charge in [0.05, 0.1) is 7.11 Å². The number of esters is 1. The molecular weight excluding hydrogens is 550 g/mol. The zero-order valence-electron chi connectivity index (χ0n) is 26.2. The Labute approximate surface area is 248 Å². The minimum atomic E-state index is -0.984. The first-order valence-corrected chi connectivity index (χ1v) is 14.3. The van der Waals surface area contributed by atoms with Crippen LogP contribution < -0.4 is 14.8 Å². The van der Waals surface area contributed by atoms with Crippen molar-refractivity contribution in [3.05, 3.63) is 23.8 Å². The summed E-state index contributed by atoms with van der Waals surface area (Å²) in [5.41, 5.74) is 0.544. The van der Waals surface area contributed by atoms with Crippen molar-refractivity contribution in [2.24, 2.45) is 11.8 Å². The van der Waals surface area contributed by atoms with Crippen LogP contribution in [-0.4, -0.2) is 69.1 Å². The molecule has 0 amide bonds. The summed E-state index contributed by atoms with van der Waals surface area (Å²) in [6.07, 6.45) is -2.13. The SMILES string of the molecule is CCCC(C)OC(=O)OCCN[C@@H](Cc1ccc(OC(=O)OC(C)C(C)C)c(OC(=O)OC(C)C(C)C)c1)C(=O)OC. The number of benzene rings is 1. The molecule has 0 aliphatic heterocycles. The predicted molar refractivity (Wildman–Crippen MR) is 154 cm³/mol. The molecule has 1 rings (SSSR count). The maximum Gasteiger partial charge on any atom is 0.514 e. The van der Waals surface area contributed by atoms with E-state index in [1.54, 1.807) is 26.8 Å². The largest absolute Gasteiger partial charge is 0.514 e. The Morgan fingerprint density at radius 2 is 1.36 bits per heavy atom. The molecule has 238 valence electrons. The van der Waals surface area contributed by atoms with Crippen LogP contribution in [0.25, 0.3) is 0 Å². The van der Waals surface area contributed by atoms with Crippen LogP contribution in [0.15, 0.2) is 18.2 Å². The van der Waals surface area contributed by atoms with Gasteiger partial charge in [-0.15, -0.1) is 0 Å². The lowest BCUT2D eigenvalue weighted by atomic mass is 10.1. The molecule has 4 atom stereocenters. The van der Waals surface area contributed by atoms with Crippen molar-refractivity contribution in [2.45, 2.75) is 99.0 Å². The predicted octanol–water partition coefficient (Wildman–Crippen LogP) is 5.82. The van der Waals surface area contributed by atoms with Gasteiger partial charge in [-0.3, -0.25) is 4.79 Å². The van der Waals surface area contributed by atoms with Crippen molar-refractivity contribution >= 4 is 24.4 Å². The molecule has 0 bridgehead atoms. The first kappa shape index (κ1) is 36.5. The number of carbonyl (C=O) groups excluding carboxylic acids is 4. The first-order chi connectivity index (χ1) is 19.8. The molecule has 0 aromatic heterocycles. The summed E-state index contributed by atoms with van der Waals surface area (Å²) in [5.74, 6) is -0.622. The third-order valence-electron chi connectivity index (χ3n) is 6.47. The van der Waals surface area contributed by atoms with Gasteiger partial charge in [0, 0.05) is 6.54 Å². The monoisotopic (exact) mass is 597 g/mol. The molecular formula is C30H47NO11. The summed E-state index contributed by atoms with van der Waals surface area (Å²) < 4.78 is 36.4. The van der Waals surface area contributed by atoms with Gasteiger partial charge in [0.25, 0.3) is 0 Å².